The van der Waals surface area contributed by atoms with E-state index in [2.05, 4.69) is 9.05 Å². The van der Waals surface area contributed by atoms with Crippen LogP contribution in [0.3, 0.4) is 0 Å². The van der Waals surface area contributed by atoms with Gasteiger partial charge in [-0.1, -0.05) is 23.7 Å². The zero-order valence-electron chi connectivity index (χ0n) is 10.6. The summed E-state index contributed by atoms with van der Waals surface area (Å²) in [6.07, 6.45) is -0.715. The monoisotopic (exact) mass is 328 g/mol. The third kappa shape index (κ3) is 4.02. The van der Waals surface area contributed by atoms with Crippen molar-refractivity contribution in [2.24, 2.45) is 0 Å². The van der Waals surface area contributed by atoms with Crippen molar-refractivity contribution in [1.29, 1.82) is 0 Å². The first-order valence-electron chi connectivity index (χ1n) is 5.11. The van der Waals surface area contributed by atoms with Gasteiger partial charge in [-0.25, -0.2) is 0 Å². The standard InChI is InChI=1S/C10H14ClO6PS/c1-8-5-4-6-9(11)10(8)19(13,14)17-7-18(12,15-2)16-3/h4-6H,7H2,1-3H3. The molecule has 0 atom stereocenters. The van der Waals surface area contributed by atoms with Gasteiger partial charge in [0.05, 0.1) is 5.02 Å². The summed E-state index contributed by atoms with van der Waals surface area (Å²) < 4.78 is 49.6. The van der Waals surface area contributed by atoms with Gasteiger partial charge in [0, 0.05) is 14.2 Å². The second-order valence-corrected chi connectivity index (χ2v) is 7.73. The molecular formula is C10H14ClO6PS. The molecule has 0 saturated heterocycles. The zero-order valence-corrected chi connectivity index (χ0v) is 13.1. The van der Waals surface area contributed by atoms with E-state index in [1.165, 1.54) is 6.07 Å². The van der Waals surface area contributed by atoms with E-state index in [9.17, 15) is 13.0 Å². The van der Waals surface area contributed by atoms with Crippen molar-refractivity contribution >= 4 is 29.3 Å². The molecule has 9 heteroatoms. The molecular weight excluding hydrogens is 315 g/mol. The van der Waals surface area contributed by atoms with Crippen LogP contribution >= 0.6 is 19.2 Å². The van der Waals surface area contributed by atoms with Crippen molar-refractivity contribution in [2.75, 3.05) is 20.6 Å². The molecule has 0 fully saturated rings. The Morgan fingerprint density at radius 1 is 1.26 bits per heavy atom. The summed E-state index contributed by atoms with van der Waals surface area (Å²) >= 11 is 5.84. The molecule has 0 N–H and O–H groups in total. The van der Waals surface area contributed by atoms with Crippen LogP contribution in [0.25, 0.3) is 0 Å². The van der Waals surface area contributed by atoms with Crippen LogP contribution in [0.5, 0.6) is 0 Å². The summed E-state index contributed by atoms with van der Waals surface area (Å²) in [6.45, 7) is 1.58. The van der Waals surface area contributed by atoms with Crippen molar-refractivity contribution in [1.82, 2.24) is 0 Å². The van der Waals surface area contributed by atoms with Crippen molar-refractivity contribution in [3.05, 3.63) is 28.8 Å². The Labute approximate surface area is 117 Å². The van der Waals surface area contributed by atoms with Crippen molar-refractivity contribution in [3.63, 3.8) is 0 Å². The summed E-state index contributed by atoms with van der Waals surface area (Å²) in [5.41, 5.74) is 0.428. The maximum atomic E-state index is 12.0. The van der Waals surface area contributed by atoms with Crippen LogP contribution in [-0.4, -0.2) is 29.0 Å². The molecule has 1 rings (SSSR count). The van der Waals surface area contributed by atoms with Crippen LogP contribution in [0.15, 0.2) is 23.1 Å². The molecule has 0 aliphatic carbocycles. The van der Waals surface area contributed by atoms with Gasteiger partial charge in [-0.15, -0.1) is 0 Å². The molecule has 0 aliphatic heterocycles. The Kier molecular flexibility index (Phi) is 5.55. The lowest BCUT2D eigenvalue weighted by Crippen LogP contribution is -2.11. The molecule has 0 spiro atoms. The fourth-order valence-electron chi connectivity index (χ4n) is 1.31. The molecule has 1 aromatic rings. The predicted octanol–water partition coefficient (Wildman–Crippen LogP) is 2.80. The normalized spacial score (nSPS) is 12.6. The second-order valence-electron chi connectivity index (χ2n) is 3.56. The number of benzene rings is 1. The Morgan fingerprint density at radius 2 is 1.84 bits per heavy atom. The van der Waals surface area contributed by atoms with E-state index in [1.54, 1.807) is 19.1 Å². The van der Waals surface area contributed by atoms with E-state index in [0.29, 0.717) is 5.56 Å². The number of rotatable bonds is 6. The quantitative estimate of drug-likeness (QED) is 0.590. The topological polar surface area (TPSA) is 78.9 Å². The number of aryl methyl sites for hydroxylation is 1. The highest BCUT2D eigenvalue weighted by Gasteiger charge is 2.28. The first kappa shape index (κ1) is 16.6. The highest BCUT2D eigenvalue weighted by atomic mass is 35.5. The highest BCUT2D eigenvalue weighted by molar-refractivity contribution is 7.87. The second kappa shape index (κ2) is 6.35. The van der Waals surface area contributed by atoms with E-state index < -0.39 is 24.1 Å². The van der Waals surface area contributed by atoms with Crippen LogP contribution in [0.2, 0.25) is 5.02 Å². The van der Waals surface area contributed by atoms with Gasteiger partial charge in [0.1, 0.15) is 4.90 Å². The summed E-state index contributed by atoms with van der Waals surface area (Å²) in [7, 11) is -5.43. The van der Waals surface area contributed by atoms with Gasteiger partial charge < -0.3 is 9.05 Å². The molecule has 0 aromatic heterocycles. The SMILES string of the molecule is COP(=O)(COS(=O)(=O)c1c(C)cccc1Cl)OC. The fraction of sp³-hybridized carbons (Fsp3) is 0.400. The number of halogens is 1. The smallest absolute Gasteiger partial charge is 0.310 e. The Morgan fingerprint density at radius 3 is 2.32 bits per heavy atom. The van der Waals surface area contributed by atoms with E-state index in [0.717, 1.165) is 14.2 Å². The van der Waals surface area contributed by atoms with Gasteiger partial charge in [0.25, 0.3) is 10.1 Å². The average Bonchev–Trinajstić information content (AvgIpc) is 2.35. The molecule has 0 amide bonds. The molecule has 0 saturated carbocycles. The Hall–Kier alpha value is -0.430. The molecule has 0 bridgehead atoms. The van der Waals surface area contributed by atoms with Gasteiger partial charge in [0.15, 0.2) is 6.35 Å². The highest BCUT2D eigenvalue weighted by Crippen LogP contribution is 2.47. The van der Waals surface area contributed by atoms with E-state index >= 15 is 0 Å². The van der Waals surface area contributed by atoms with Crippen LogP contribution in [0, 0.1) is 6.92 Å². The molecule has 0 heterocycles. The molecule has 19 heavy (non-hydrogen) atoms. The first-order chi connectivity index (χ1) is 8.75. The maximum Gasteiger partial charge on any atom is 0.357 e. The first-order valence-corrected chi connectivity index (χ1v) is 8.62. The summed E-state index contributed by atoms with van der Waals surface area (Å²) in [5.74, 6) is 0. The Bertz CT molecular complexity index is 572. The summed E-state index contributed by atoms with van der Waals surface area (Å²) in [4.78, 5) is -0.157. The molecule has 0 aliphatic rings. The third-order valence-corrected chi connectivity index (χ3v) is 5.97. The largest absolute Gasteiger partial charge is 0.357 e. The Balaban J connectivity index is 3.04. The predicted molar refractivity (Wildman–Crippen MR) is 71.0 cm³/mol. The fourth-order valence-corrected chi connectivity index (χ4v) is 4.13. The third-order valence-electron chi connectivity index (χ3n) is 2.34. The van der Waals surface area contributed by atoms with Crippen LogP contribution in [0.1, 0.15) is 5.56 Å². The van der Waals surface area contributed by atoms with Crippen molar-refractivity contribution in [3.8, 4) is 0 Å². The molecule has 6 nitrogen and oxygen atoms in total. The minimum absolute atomic E-state index is 0.0321. The van der Waals surface area contributed by atoms with Gasteiger partial charge in [-0.3, -0.25) is 8.75 Å². The van der Waals surface area contributed by atoms with E-state index in [4.69, 9.17) is 15.8 Å². The lowest BCUT2D eigenvalue weighted by Gasteiger charge is -2.14. The van der Waals surface area contributed by atoms with Gasteiger partial charge in [0.2, 0.25) is 0 Å². The molecule has 0 unspecified atom stereocenters. The molecule has 108 valence electrons. The van der Waals surface area contributed by atoms with E-state index in [-0.39, 0.29) is 9.92 Å². The van der Waals surface area contributed by atoms with Crippen LogP contribution < -0.4 is 0 Å². The van der Waals surface area contributed by atoms with Crippen molar-refractivity contribution < 1.29 is 26.2 Å². The maximum absolute atomic E-state index is 12.0. The summed E-state index contributed by atoms with van der Waals surface area (Å²) in [5, 5.41) is 0.0321. The van der Waals surface area contributed by atoms with Crippen LogP contribution in [-0.2, 0) is 27.9 Å². The minimum Gasteiger partial charge on any atom is -0.310 e. The van der Waals surface area contributed by atoms with Gasteiger partial charge in [-0.2, -0.15) is 8.42 Å². The molecule has 1 aromatic carbocycles. The number of hydrogen-bond donors (Lipinski definition) is 0. The summed E-state index contributed by atoms with van der Waals surface area (Å²) in [6, 6.07) is 4.62. The lowest BCUT2D eigenvalue weighted by molar-refractivity contribution is 0.242. The zero-order chi connectivity index (χ0) is 14.7. The van der Waals surface area contributed by atoms with E-state index in [1.807, 2.05) is 0 Å². The van der Waals surface area contributed by atoms with Crippen molar-refractivity contribution in [2.45, 2.75) is 11.8 Å². The van der Waals surface area contributed by atoms with Gasteiger partial charge >= 0.3 is 7.60 Å². The minimum atomic E-state index is -4.14. The van der Waals surface area contributed by atoms with Gasteiger partial charge in [-0.05, 0) is 18.6 Å². The number of hydrogen-bond acceptors (Lipinski definition) is 6. The molecule has 0 radical (unpaired) electrons. The average molecular weight is 329 g/mol. The van der Waals surface area contributed by atoms with Crippen LogP contribution in [0.4, 0.5) is 0 Å². The lowest BCUT2D eigenvalue weighted by atomic mass is 10.2.